The summed E-state index contributed by atoms with van der Waals surface area (Å²) < 4.78 is 51.6. The second-order valence-electron chi connectivity index (χ2n) is 6.91. The van der Waals surface area contributed by atoms with Crippen LogP contribution >= 0.6 is 11.8 Å². The minimum Gasteiger partial charge on any atom is -0.446 e. The molecule has 1 unspecified atom stereocenters. The molecule has 2 N–H and O–H groups in total. The summed E-state index contributed by atoms with van der Waals surface area (Å²) in [6.07, 6.45) is -2.18. The van der Waals surface area contributed by atoms with Crippen molar-refractivity contribution in [2.75, 3.05) is 25.8 Å². The molecule has 3 rings (SSSR count). The maximum absolute atomic E-state index is 14.1. The summed E-state index contributed by atoms with van der Waals surface area (Å²) in [6.45, 7) is 0.600. The first-order chi connectivity index (χ1) is 14.1. The zero-order valence-electron chi connectivity index (χ0n) is 17.0. The van der Waals surface area contributed by atoms with Crippen molar-refractivity contribution < 1.29 is 22.6 Å². The SMILES string of the molecule is CSCc1cccc(NN(C)N(C)C(=N)c2cccc3c2OC(F)(F)C(C)(F)O3)c1. The zero-order chi connectivity index (χ0) is 22.1. The smallest absolute Gasteiger partial charge is 0.446 e. The Balaban J connectivity index is 1.81. The molecule has 1 aliphatic heterocycles. The first kappa shape index (κ1) is 22.1. The average Bonchev–Trinajstić information content (AvgIpc) is 2.67. The maximum Gasteiger partial charge on any atom is 0.471 e. The van der Waals surface area contributed by atoms with Crippen molar-refractivity contribution in [3.8, 4) is 11.5 Å². The first-order valence-corrected chi connectivity index (χ1v) is 10.4. The average molecular weight is 440 g/mol. The highest BCUT2D eigenvalue weighted by atomic mass is 32.2. The van der Waals surface area contributed by atoms with E-state index in [-0.39, 0.29) is 22.9 Å². The number of hydrogen-bond donors (Lipinski definition) is 2. The summed E-state index contributed by atoms with van der Waals surface area (Å²) in [5, 5.41) is 11.4. The van der Waals surface area contributed by atoms with E-state index in [9.17, 15) is 13.2 Å². The Morgan fingerprint density at radius 1 is 1.13 bits per heavy atom. The molecule has 1 aliphatic rings. The summed E-state index contributed by atoms with van der Waals surface area (Å²) in [6, 6.07) is 12.0. The largest absolute Gasteiger partial charge is 0.471 e. The topological polar surface area (TPSA) is 60.8 Å². The molecule has 0 fully saturated rings. The number of fused-ring (bicyclic) bond motifs is 1. The van der Waals surface area contributed by atoms with Crippen LogP contribution in [0.2, 0.25) is 0 Å². The Kier molecular flexibility index (Phi) is 6.09. The van der Waals surface area contributed by atoms with E-state index in [0.717, 1.165) is 17.0 Å². The number of benzene rings is 2. The predicted molar refractivity (Wildman–Crippen MR) is 112 cm³/mol. The van der Waals surface area contributed by atoms with E-state index in [2.05, 4.69) is 10.2 Å². The van der Waals surface area contributed by atoms with Gasteiger partial charge >= 0.3 is 12.0 Å². The molecule has 162 valence electrons. The van der Waals surface area contributed by atoms with E-state index in [1.165, 1.54) is 28.3 Å². The number of alkyl halides is 3. The number of nitrogens with zero attached hydrogens (tertiary/aromatic N) is 2. The van der Waals surface area contributed by atoms with E-state index >= 15 is 0 Å². The van der Waals surface area contributed by atoms with Crippen molar-refractivity contribution in [1.29, 1.82) is 5.41 Å². The quantitative estimate of drug-likeness (QED) is 0.385. The summed E-state index contributed by atoms with van der Waals surface area (Å²) in [4.78, 5) is 0. The minimum absolute atomic E-state index is 0.0370. The lowest BCUT2D eigenvalue weighted by Gasteiger charge is -2.37. The number of hydrazine groups is 2. The van der Waals surface area contributed by atoms with Gasteiger partial charge in [-0.3, -0.25) is 10.4 Å². The number of rotatable bonds is 6. The van der Waals surface area contributed by atoms with Gasteiger partial charge in [0.15, 0.2) is 11.5 Å². The molecular formula is C20H23F3N4O2S. The Hall–Kier alpha value is -2.59. The molecule has 1 atom stereocenters. The maximum atomic E-state index is 14.1. The predicted octanol–water partition coefficient (Wildman–Crippen LogP) is 4.73. The first-order valence-electron chi connectivity index (χ1n) is 9.04. The lowest BCUT2D eigenvalue weighted by molar-refractivity contribution is -0.332. The highest BCUT2D eigenvalue weighted by molar-refractivity contribution is 7.97. The molecule has 0 spiro atoms. The zero-order valence-corrected chi connectivity index (χ0v) is 17.8. The van der Waals surface area contributed by atoms with Gasteiger partial charge in [-0.25, -0.2) is 0 Å². The number of amidine groups is 1. The van der Waals surface area contributed by atoms with Gasteiger partial charge in [-0.05, 0) is 36.1 Å². The number of thioether (sulfide) groups is 1. The van der Waals surface area contributed by atoms with Crippen molar-refractivity contribution in [2.24, 2.45) is 0 Å². The van der Waals surface area contributed by atoms with Crippen molar-refractivity contribution in [1.82, 2.24) is 10.1 Å². The van der Waals surface area contributed by atoms with Crippen LogP contribution in [0.15, 0.2) is 42.5 Å². The summed E-state index contributed by atoms with van der Waals surface area (Å²) >= 11 is 1.70. The molecule has 0 saturated heterocycles. The molecule has 0 radical (unpaired) electrons. The van der Waals surface area contributed by atoms with E-state index in [1.807, 2.05) is 30.5 Å². The van der Waals surface area contributed by atoms with Gasteiger partial charge < -0.3 is 14.9 Å². The van der Waals surface area contributed by atoms with E-state index < -0.39 is 12.0 Å². The molecule has 0 bridgehead atoms. The normalized spacial score (nSPS) is 19.5. The van der Waals surface area contributed by atoms with Crippen LogP contribution in [-0.4, -0.2) is 48.3 Å². The molecule has 10 heteroatoms. The molecule has 30 heavy (non-hydrogen) atoms. The van der Waals surface area contributed by atoms with Crippen molar-refractivity contribution in [2.45, 2.75) is 24.6 Å². The lowest BCUT2D eigenvalue weighted by Crippen LogP contribution is -2.53. The molecule has 6 nitrogen and oxygen atoms in total. The standard InChI is InChI=1S/C20H23F3N4O2S/c1-19(21)20(22,23)29-17-15(9-6-10-16(17)28-19)18(24)26(2)27(3)25-14-8-5-7-13(11-14)12-30-4/h5-11,24-25H,12H2,1-4H3. The molecule has 0 amide bonds. The minimum atomic E-state index is -4.20. The van der Waals surface area contributed by atoms with Crippen LogP contribution in [0.5, 0.6) is 11.5 Å². The summed E-state index contributed by atoms with van der Waals surface area (Å²) in [5.74, 6) is -3.18. The van der Waals surface area contributed by atoms with Gasteiger partial charge in [-0.1, -0.05) is 18.2 Å². The van der Waals surface area contributed by atoms with E-state index in [1.54, 1.807) is 25.9 Å². The van der Waals surface area contributed by atoms with Crippen LogP contribution < -0.4 is 14.9 Å². The Labute approximate surface area is 177 Å². The number of ether oxygens (including phenoxy) is 2. The van der Waals surface area contributed by atoms with Gasteiger partial charge in [-0.2, -0.15) is 24.9 Å². The van der Waals surface area contributed by atoms with Crippen LogP contribution in [0.25, 0.3) is 0 Å². The highest BCUT2D eigenvalue weighted by Gasteiger charge is 2.60. The molecule has 2 aromatic carbocycles. The van der Waals surface area contributed by atoms with E-state index in [4.69, 9.17) is 10.1 Å². The third kappa shape index (κ3) is 4.29. The van der Waals surface area contributed by atoms with Crippen molar-refractivity contribution in [3.63, 3.8) is 0 Å². The monoisotopic (exact) mass is 440 g/mol. The summed E-state index contributed by atoms with van der Waals surface area (Å²) in [7, 11) is 3.26. The molecule has 0 aliphatic carbocycles. The van der Waals surface area contributed by atoms with Gasteiger partial charge in [0.25, 0.3) is 0 Å². The van der Waals surface area contributed by atoms with Crippen LogP contribution in [0.3, 0.4) is 0 Å². The second kappa shape index (κ2) is 8.27. The summed E-state index contributed by atoms with van der Waals surface area (Å²) in [5.41, 5.74) is 5.11. The van der Waals surface area contributed by atoms with Crippen LogP contribution in [0, 0.1) is 5.41 Å². The van der Waals surface area contributed by atoms with Gasteiger partial charge in [0.1, 0.15) is 5.84 Å². The molecule has 0 saturated carbocycles. The third-order valence-electron chi connectivity index (χ3n) is 4.59. The van der Waals surface area contributed by atoms with E-state index in [0.29, 0.717) is 6.92 Å². The van der Waals surface area contributed by atoms with Crippen LogP contribution in [0.4, 0.5) is 18.9 Å². The van der Waals surface area contributed by atoms with Gasteiger partial charge in [0, 0.05) is 26.8 Å². The molecule has 2 aromatic rings. The third-order valence-corrected chi connectivity index (χ3v) is 5.21. The fourth-order valence-corrected chi connectivity index (χ4v) is 3.37. The van der Waals surface area contributed by atoms with Crippen LogP contribution in [-0.2, 0) is 5.75 Å². The fraction of sp³-hybridized carbons (Fsp3) is 0.350. The lowest BCUT2D eigenvalue weighted by atomic mass is 10.1. The highest BCUT2D eigenvalue weighted by Crippen LogP contribution is 2.47. The Bertz CT molecular complexity index is 942. The molecule has 0 aromatic heterocycles. The number of halogens is 3. The fourth-order valence-electron chi connectivity index (χ4n) is 2.86. The van der Waals surface area contributed by atoms with Gasteiger partial charge in [0.2, 0.25) is 0 Å². The molecular weight excluding hydrogens is 417 g/mol. The Morgan fingerprint density at radius 3 is 2.53 bits per heavy atom. The Morgan fingerprint density at radius 2 is 1.83 bits per heavy atom. The van der Waals surface area contributed by atoms with Crippen LogP contribution in [0.1, 0.15) is 18.1 Å². The second-order valence-corrected chi connectivity index (χ2v) is 7.78. The molecule has 1 heterocycles. The number of nitrogens with one attached hydrogen (secondary N) is 2. The van der Waals surface area contributed by atoms with Gasteiger partial charge in [-0.15, -0.1) is 5.12 Å². The van der Waals surface area contributed by atoms with Crippen molar-refractivity contribution >= 4 is 23.3 Å². The number of anilines is 1. The van der Waals surface area contributed by atoms with Gasteiger partial charge in [0.05, 0.1) is 11.3 Å². The number of hydrogen-bond acceptors (Lipinski definition) is 6. The number of para-hydroxylation sites is 1. The van der Waals surface area contributed by atoms with Crippen molar-refractivity contribution in [3.05, 3.63) is 53.6 Å².